The van der Waals surface area contributed by atoms with Crippen molar-refractivity contribution >= 4 is 10.8 Å². The van der Waals surface area contributed by atoms with E-state index in [-0.39, 0.29) is 0 Å². The van der Waals surface area contributed by atoms with Crippen molar-refractivity contribution in [3.05, 3.63) is 59.2 Å². The Bertz CT molecular complexity index is 1180. The first-order valence-corrected chi connectivity index (χ1v) is 14.2. The Kier molecular flexibility index (Phi) is 14.9. The van der Waals surface area contributed by atoms with Crippen LogP contribution in [0.4, 0.5) is 0 Å². The van der Waals surface area contributed by atoms with Crippen LogP contribution in [0.1, 0.15) is 16.7 Å². The summed E-state index contributed by atoms with van der Waals surface area (Å²) in [5.74, 6) is 1.75. The molecule has 0 bridgehead atoms. The molecule has 0 saturated heterocycles. The van der Waals surface area contributed by atoms with Crippen molar-refractivity contribution in [3.63, 3.8) is 0 Å². The molecule has 3 aromatic carbocycles. The number of hydrogen-bond acceptors (Lipinski definition) is 8. The second-order valence-electron chi connectivity index (χ2n) is 9.73. The number of methoxy groups -OCH3 is 2. The summed E-state index contributed by atoms with van der Waals surface area (Å²) in [6.45, 7) is 12.7. The van der Waals surface area contributed by atoms with Crippen molar-refractivity contribution in [1.29, 1.82) is 0 Å². The molecule has 0 spiro atoms. The zero-order valence-electron chi connectivity index (χ0n) is 25.3. The van der Waals surface area contributed by atoms with E-state index in [1.54, 1.807) is 14.2 Å². The normalized spacial score (nSPS) is 11.3. The van der Waals surface area contributed by atoms with E-state index in [0.717, 1.165) is 39.0 Å². The number of benzene rings is 3. The number of aryl methyl sites for hydroxylation is 3. The second kappa shape index (κ2) is 18.7. The standard InChI is InChI=1S/C33H46O8/c1-25-6-8-29-31(22-25)30(24-27(3)33(29)41-21-19-39-17-15-37-13-11-35-5)28-7-9-32(26(2)23-28)40-20-18-38-16-14-36-12-10-34-4/h6-9,22-24H,10-21H2,1-5H3. The lowest BCUT2D eigenvalue weighted by Crippen LogP contribution is -2.12. The van der Waals surface area contributed by atoms with Crippen molar-refractivity contribution in [2.75, 3.05) is 93.5 Å². The van der Waals surface area contributed by atoms with E-state index in [2.05, 4.69) is 57.2 Å². The first-order chi connectivity index (χ1) is 20.0. The fourth-order valence-electron chi connectivity index (χ4n) is 4.40. The maximum atomic E-state index is 6.23. The Labute approximate surface area is 244 Å². The van der Waals surface area contributed by atoms with E-state index < -0.39 is 0 Å². The highest BCUT2D eigenvalue weighted by Crippen LogP contribution is 2.39. The second-order valence-corrected chi connectivity index (χ2v) is 9.73. The van der Waals surface area contributed by atoms with Crippen molar-refractivity contribution in [1.82, 2.24) is 0 Å². The molecular formula is C33H46O8. The van der Waals surface area contributed by atoms with Gasteiger partial charge in [0.05, 0.1) is 66.1 Å². The highest BCUT2D eigenvalue weighted by Gasteiger charge is 2.14. The average molecular weight is 571 g/mol. The Morgan fingerprint density at radius 3 is 1.63 bits per heavy atom. The summed E-state index contributed by atoms with van der Waals surface area (Å²) in [5, 5.41) is 2.25. The third kappa shape index (κ3) is 10.9. The minimum atomic E-state index is 0.469. The highest BCUT2D eigenvalue weighted by molar-refractivity contribution is 6.01. The Morgan fingerprint density at radius 2 is 1.05 bits per heavy atom. The fourth-order valence-corrected chi connectivity index (χ4v) is 4.40. The third-order valence-corrected chi connectivity index (χ3v) is 6.48. The summed E-state index contributed by atoms with van der Waals surface area (Å²) < 4.78 is 44.3. The molecule has 8 nitrogen and oxygen atoms in total. The highest BCUT2D eigenvalue weighted by atomic mass is 16.6. The molecule has 41 heavy (non-hydrogen) atoms. The van der Waals surface area contributed by atoms with Crippen LogP contribution in [0, 0.1) is 20.8 Å². The van der Waals surface area contributed by atoms with Gasteiger partial charge in [0.2, 0.25) is 0 Å². The molecule has 0 aliphatic carbocycles. The van der Waals surface area contributed by atoms with Crippen LogP contribution in [0.5, 0.6) is 11.5 Å². The van der Waals surface area contributed by atoms with E-state index >= 15 is 0 Å². The predicted octanol–water partition coefficient (Wildman–Crippen LogP) is 5.55. The van der Waals surface area contributed by atoms with Gasteiger partial charge in [0.1, 0.15) is 24.7 Å². The Morgan fingerprint density at radius 1 is 0.488 bits per heavy atom. The van der Waals surface area contributed by atoms with Crippen LogP contribution in [0.25, 0.3) is 21.9 Å². The van der Waals surface area contributed by atoms with Gasteiger partial charge in [-0.05, 0) is 66.6 Å². The van der Waals surface area contributed by atoms with Gasteiger partial charge in [0.25, 0.3) is 0 Å². The van der Waals surface area contributed by atoms with Gasteiger partial charge < -0.3 is 37.9 Å². The molecule has 0 aromatic heterocycles. The number of rotatable bonds is 21. The molecule has 0 radical (unpaired) electrons. The molecule has 3 rings (SSSR count). The number of hydrogen-bond donors (Lipinski definition) is 0. The van der Waals surface area contributed by atoms with Gasteiger partial charge in [-0.1, -0.05) is 29.8 Å². The maximum Gasteiger partial charge on any atom is 0.130 e. The Balaban J connectivity index is 1.59. The molecule has 8 heteroatoms. The maximum absolute atomic E-state index is 6.23. The van der Waals surface area contributed by atoms with Gasteiger partial charge in [-0.3, -0.25) is 0 Å². The zero-order valence-corrected chi connectivity index (χ0v) is 25.3. The molecular weight excluding hydrogens is 524 g/mol. The molecule has 226 valence electrons. The summed E-state index contributed by atoms with van der Waals surface area (Å²) in [7, 11) is 3.32. The lowest BCUT2D eigenvalue weighted by Gasteiger charge is -2.17. The molecule has 0 aliphatic heterocycles. The number of ether oxygens (including phenoxy) is 8. The van der Waals surface area contributed by atoms with Crippen molar-refractivity contribution in [3.8, 4) is 22.6 Å². The van der Waals surface area contributed by atoms with Crippen molar-refractivity contribution in [2.24, 2.45) is 0 Å². The lowest BCUT2D eigenvalue weighted by molar-refractivity contribution is 0.0179. The smallest absolute Gasteiger partial charge is 0.130 e. The van der Waals surface area contributed by atoms with Crippen LogP contribution >= 0.6 is 0 Å². The summed E-state index contributed by atoms with van der Waals surface area (Å²) in [4.78, 5) is 0. The first-order valence-electron chi connectivity index (χ1n) is 14.2. The molecule has 0 fully saturated rings. The van der Waals surface area contributed by atoms with Gasteiger partial charge in [0.15, 0.2) is 0 Å². The monoisotopic (exact) mass is 570 g/mol. The summed E-state index contributed by atoms with van der Waals surface area (Å²) in [5.41, 5.74) is 5.67. The van der Waals surface area contributed by atoms with Gasteiger partial charge in [0, 0.05) is 19.6 Å². The van der Waals surface area contributed by atoms with Crippen LogP contribution in [0.3, 0.4) is 0 Å². The van der Waals surface area contributed by atoms with Crippen LogP contribution in [-0.2, 0) is 28.4 Å². The minimum absolute atomic E-state index is 0.469. The molecule has 0 heterocycles. The number of fused-ring (bicyclic) bond motifs is 1. The SMILES string of the molecule is COCCOCCOCCOc1ccc(-c2cc(C)c(OCCOCCOCCOC)c3ccc(C)cc23)cc1C. The van der Waals surface area contributed by atoms with Crippen molar-refractivity contribution < 1.29 is 37.9 Å². The van der Waals surface area contributed by atoms with Crippen LogP contribution < -0.4 is 9.47 Å². The molecule has 0 N–H and O–H groups in total. The van der Waals surface area contributed by atoms with Crippen molar-refractivity contribution in [2.45, 2.75) is 20.8 Å². The molecule has 0 saturated carbocycles. The summed E-state index contributed by atoms with van der Waals surface area (Å²) in [6, 6.07) is 15.0. The quantitative estimate of drug-likeness (QED) is 0.154. The van der Waals surface area contributed by atoms with Gasteiger partial charge >= 0.3 is 0 Å². The predicted molar refractivity (Wildman–Crippen MR) is 162 cm³/mol. The van der Waals surface area contributed by atoms with E-state index in [1.165, 1.54) is 11.1 Å². The first kappa shape index (κ1) is 32.8. The summed E-state index contributed by atoms with van der Waals surface area (Å²) in [6.07, 6.45) is 0. The lowest BCUT2D eigenvalue weighted by atomic mass is 9.93. The van der Waals surface area contributed by atoms with Gasteiger partial charge in [-0.25, -0.2) is 0 Å². The molecule has 0 aliphatic rings. The minimum Gasteiger partial charge on any atom is -0.491 e. The van der Waals surface area contributed by atoms with Gasteiger partial charge in [-0.2, -0.15) is 0 Å². The van der Waals surface area contributed by atoms with Crippen LogP contribution in [-0.4, -0.2) is 93.5 Å². The Hall–Kier alpha value is -2.72. The van der Waals surface area contributed by atoms with E-state index in [0.29, 0.717) is 79.3 Å². The average Bonchev–Trinajstić information content (AvgIpc) is 2.97. The van der Waals surface area contributed by atoms with Crippen LogP contribution in [0.2, 0.25) is 0 Å². The third-order valence-electron chi connectivity index (χ3n) is 6.48. The molecule has 3 aromatic rings. The zero-order chi connectivity index (χ0) is 29.3. The molecule has 0 unspecified atom stereocenters. The van der Waals surface area contributed by atoms with E-state index in [9.17, 15) is 0 Å². The van der Waals surface area contributed by atoms with Crippen LogP contribution in [0.15, 0.2) is 42.5 Å². The summed E-state index contributed by atoms with van der Waals surface area (Å²) >= 11 is 0. The van der Waals surface area contributed by atoms with Gasteiger partial charge in [-0.15, -0.1) is 0 Å². The largest absolute Gasteiger partial charge is 0.491 e. The molecule has 0 amide bonds. The van der Waals surface area contributed by atoms with E-state index in [4.69, 9.17) is 37.9 Å². The topological polar surface area (TPSA) is 73.8 Å². The van der Waals surface area contributed by atoms with E-state index in [1.807, 2.05) is 6.07 Å². The fraction of sp³-hybridized carbons (Fsp3) is 0.515. The molecule has 0 atom stereocenters.